The Labute approximate surface area is 109 Å². The first-order chi connectivity index (χ1) is 7.86. The van der Waals surface area contributed by atoms with Gasteiger partial charge >= 0.3 is 0 Å². The smallest absolute Gasteiger partial charge is 0.213 e. The Kier molecular flexibility index (Phi) is 4.78. The first-order valence-corrected chi connectivity index (χ1v) is 6.23. The van der Waals surface area contributed by atoms with Crippen molar-refractivity contribution in [1.82, 2.24) is 9.88 Å². The van der Waals surface area contributed by atoms with E-state index in [9.17, 15) is 0 Å². The van der Waals surface area contributed by atoms with Gasteiger partial charge in [-0.05, 0) is 40.4 Å². The molecule has 1 aromatic rings. The zero-order valence-corrected chi connectivity index (χ0v) is 12.0. The lowest BCUT2D eigenvalue weighted by Crippen LogP contribution is -2.43. The highest BCUT2D eigenvalue weighted by Gasteiger charge is 2.21. The Morgan fingerprint density at radius 2 is 2.00 bits per heavy atom. The minimum Gasteiger partial charge on any atom is -0.476 e. The van der Waals surface area contributed by atoms with Crippen LogP contribution in [0.2, 0.25) is 0 Å². The van der Waals surface area contributed by atoms with Gasteiger partial charge in [0.05, 0.1) is 0 Å². The minimum atomic E-state index is -0.0132. The lowest BCUT2D eigenvalue weighted by Gasteiger charge is -2.31. The van der Waals surface area contributed by atoms with Crippen LogP contribution in [0.5, 0.6) is 5.88 Å². The van der Waals surface area contributed by atoms with Crippen molar-refractivity contribution in [2.45, 2.75) is 32.2 Å². The number of nitrogens with zero attached hydrogens (tertiary/aromatic N) is 2. The summed E-state index contributed by atoms with van der Waals surface area (Å²) in [6, 6.07) is 3.84. The average molecular weight is 257 g/mol. The molecule has 0 aromatic carbocycles. The predicted molar refractivity (Wildman–Crippen MR) is 71.8 cm³/mol. The second-order valence-electron chi connectivity index (χ2n) is 5.02. The number of aromatic nitrogens is 1. The van der Waals surface area contributed by atoms with E-state index in [1.54, 1.807) is 0 Å². The summed E-state index contributed by atoms with van der Waals surface area (Å²) >= 11 is 5.79. The summed E-state index contributed by atoms with van der Waals surface area (Å²) in [5.41, 5.74) is 1.96. The fourth-order valence-electron chi connectivity index (χ4n) is 1.17. The monoisotopic (exact) mass is 256 g/mol. The van der Waals surface area contributed by atoms with Gasteiger partial charge in [-0.3, -0.25) is 0 Å². The molecule has 0 fully saturated rings. The van der Waals surface area contributed by atoms with E-state index in [-0.39, 0.29) is 5.54 Å². The van der Waals surface area contributed by atoms with E-state index in [4.69, 9.17) is 16.3 Å². The zero-order valence-electron chi connectivity index (χ0n) is 11.2. The third kappa shape index (κ3) is 3.86. The molecule has 0 saturated heterocycles. The summed E-state index contributed by atoms with van der Waals surface area (Å²) in [6.07, 6.45) is 0. The maximum absolute atomic E-state index is 5.79. The highest BCUT2D eigenvalue weighted by molar-refractivity contribution is 6.17. The van der Waals surface area contributed by atoms with Crippen LogP contribution < -0.4 is 4.74 Å². The molecule has 0 aliphatic heterocycles. The third-order valence-corrected chi connectivity index (χ3v) is 3.39. The van der Waals surface area contributed by atoms with E-state index in [1.807, 2.05) is 33.2 Å². The summed E-state index contributed by atoms with van der Waals surface area (Å²) in [4.78, 5) is 6.51. The topological polar surface area (TPSA) is 25.4 Å². The highest BCUT2D eigenvalue weighted by atomic mass is 35.5. The number of halogens is 1. The first-order valence-electron chi connectivity index (χ1n) is 5.69. The van der Waals surface area contributed by atoms with Crippen molar-refractivity contribution >= 4 is 11.6 Å². The number of rotatable bonds is 5. The molecule has 0 bridgehead atoms. The van der Waals surface area contributed by atoms with E-state index in [0.29, 0.717) is 18.4 Å². The van der Waals surface area contributed by atoms with Crippen molar-refractivity contribution < 1.29 is 4.74 Å². The van der Waals surface area contributed by atoms with Gasteiger partial charge in [0.2, 0.25) is 5.88 Å². The molecule has 3 nitrogen and oxygen atoms in total. The Morgan fingerprint density at radius 1 is 1.35 bits per heavy atom. The predicted octanol–water partition coefficient (Wildman–Crippen LogP) is 2.85. The van der Waals surface area contributed by atoms with Crippen LogP contribution in [-0.2, 0) is 5.88 Å². The molecular formula is C13H21ClN2O. The number of ether oxygens (including phenoxy) is 1. The molecule has 0 aliphatic rings. The second-order valence-corrected chi connectivity index (χ2v) is 5.29. The van der Waals surface area contributed by atoms with Gasteiger partial charge in [-0.2, -0.15) is 0 Å². The highest BCUT2D eigenvalue weighted by Crippen LogP contribution is 2.17. The van der Waals surface area contributed by atoms with Gasteiger partial charge in [0.15, 0.2) is 0 Å². The zero-order chi connectivity index (χ0) is 13.1. The van der Waals surface area contributed by atoms with Crippen molar-refractivity contribution in [3.05, 3.63) is 23.4 Å². The van der Waals surface area contributed by atoms with E-state index in [2.05, 4.69) is 23.7 Å². The molecular weight excluding hydrogens is 236 g/mol. The van der Waals surface area contributed by atoms with Crippen molar-refractivity contribution in [3.8, 4) is 5.88 Å². The summed E-state index contributed by atoms with van der Waals surface area (Å²) in [5.74, 6) is 1.15. The van der Waals surface area contributed by atoms with Crippen LogP contribution in [0.15, 0.2) is 12.1 Å². The van der Waals surface area contributed by atoms with Gasteiger partial charge in [-0.25, -0.2) is 4.98 Å². The van der Waals surface area contributed by atoms with Crippen molar-refractivity contribution in [3.63, 3.8) is 0 Å². The standard InChI is InChI=1S/C13H21ClN2O/c1-10-11(8-14)6-7-12(15-10)17-9-13(2,3)16(4)5/h6-7H,8-9H2,1-5H3. The Hall–Kier alpha value is -0.800. The Balaban J connectivity index is 2.67. The van der Waals surface area contributed by atoms with Crippen molar-refractivity contribution in [2.75, 3.05) is 20.7 Å². The molecule has 1 aromatic heterocycles. The van der Waals surface area contributed by atoms with E-state index in [0.717, 1.165) is 11.3 Å². The van der Waals surface area contributed by atoms with Gasteiger partial charge in [-0.15, -0.1) is 11.6 Å². The van der Waals surface area contributed by atoms with Crippen LogP contribution in [-0.4, -0.2) is 36.1 Å². The maximum Gasteiger partial charge on any atom is 0.213 e. The molecule has 0 spiro atoms. The summed E-state index contributed by atoms with van der Waals surface area (Å²) in [6.45, 7) is 6.81. The molecule has 0 unspecified atom stereocenters. The van der Waals surface area contributed by atoms with Crippen LogP contribution in [0.4, 0.5) is 0 Å². The van der Waals surface area contributed by atoms with Crippen LogP contribution in [0.1, 0.15) is 25.1 Å². The fraction of sp³-hybridized carbons (Fsp3) is 0.615. The van der Waals surface area contributed by atoms with Gasteiger partial charge < -0.3 is 9.64 Å². The number of hydrogen-bond donors (Lipinski definition) is 0. The van der Waals surface area contributed by atoms with E-state index >= 15 is 0 Å². The van der Waals surface area contributed by atoms with Gasteiger partial charge in [0.1, 0.15) is 6.61 Å². The van der Waals surface area contributed by atoms with Gasteiger partial charge in [-0.1, -0.05) is 6.07 Å². The molecule has 4 heteroatoms. The van der Waals surface area contributed by atoms with Crippen LogP contribution in [0, 0.1) is 6.92 Å². The maximum atomic E-state index is 5.79. The largest absolute Gasteiger partial charge is 0.476 e. The Morgan fingerprint density at radius 3 is 2.47 bits per heavy atom. The lowest BCUT2D eigenvalue weighted by atomic mass is 10.1. The lowest BCUT2D eigenvalue weighted by molar-refractivity contribution is 0.111. The molecule has 0 atom stereocenters. The molecule has 96 valence electrons. The summed E-state index contributed by atoms with van der Waals surface area (Å²) in [7, 11) is 4.08. The quantitative estimate of drug-likeness (QED) is 0.758. The number of likely N-dealkylation sites (N-methyl/N-ethyl adjacent to an activating group) is 1. The first kappa shape index (κ1) is 14.3. The minimum absolute atomic E-state index is 0.0132. The van der Waals surface area contributed by atoms with Gasteiger partial charge in [0, 0.05) is 23.2 Å². The number of alkyl halides is 1. The average Bonchev–Trinajstić information content (AvgIpc) is 2.26. The second kappa shape index (κ2) is 5.69. The van der Waals surface area contributed by atoms with Crippen LogP contribution >= 0.6 is 11.6 Å². The van der Waals surface area contributed by atoms with E-state index in [1.165, 1.54) is 0 Å². The number of aryl methyl sites for hydroxylation is 1. The molecule has 0 saturated carbocycles. The Bertz CT molecular complexity index is 378. The molecule has 0 radical (unpaired) electrons. The molecule has 1 rings (SSSR count). The SMILES string of the molecule is Cc1nc(OCC(C)(C)N(C)C)ccc1CCl. The number of hydrogen-bond acceptors (Lipinski definition) is 3. The molecule has 17 heavy (non-hydrogen) atoms. The van der Waals surface area contributed by atoms with Gasteiger partial charge in [0.25, 0.3) is 0 Å². The van der Waals surface area contributed by atoms with Crippen LogP contribution in [0.3, 0.4) is 0 Å². The van der Waals surface area contributed by atoms with Crippen molar-refractivity contribution in [2.24, 2.45) is 0 Å². The van der Waals surface area contributed by atoms with E-state index < -0.39 is 0 Å². The third-order valence-electron chi connectivity index (χ3n) is 3.10. The summed E-state index contributed by atoms with van der Waals surface area (Å²) in [5, 5.41) is 0. The molecule has 0 aliphatic carbocycles. The normalized spacial score (nSPS) is 11.9. The van der Waals surface area contributed by atoms with Crippen molar-refractivity contribution in [1.29, 1.82) is 0 Å². The van der Waals surface area contributed by atoms with Crippen LogP contribution in [0.25, 0.3) is 0 Å². The summed E-state index contributed by atoms with van der Waals surface area (Å²) < 4.78 is 5.72. The number of pyridine rings is 1. The molecule has 1 heterocycles. The molecule has 0 amide bonds. The fourth-order valence-corrected chi connectivity index (χ4v) is 1.45. The molecule has 0 N–H and O–H groups in total.